The van der Waals surface area contributed by atoms with Gasteiger partial charge in [-0.15, -0.1) is 0 Å². The molecule has 1 unspecified atom stereocenters. The third-order valence-electron chi connectivity index (χ3n) is 3.50. The van der Waals surface area contributed by atoms with Crippen molar-refractivity contribution in [1.29, 1.82) is 0 Å². The molecular formula is C13H25NO2. The van der Waals surface area contributed by atoms with E-state index >= 15 is 0 Å². The molecule has 0 amide bonds. The van der Waals surface area contributed by atoms with Crippen LogP contribution >= 0.6 is 0 Å². The number of nitrogens with zero attached hydrogens (tertiary/aromatic N) is 1. The van der Waals surface area contributed by atoms with E-state index in [2.05, 4.69) is 32.6 Å². The normalized spacial score (nSPS) is 25.9. The highest BCUT2D eigenvalue weighted by Crippen LogP contribution is 2.33. The van der Waals surface area contributed by atoms with Crippen LogP contribution in [0.5, 0.6) is 0 Å². The number of hydrogen-bond acceptors (Lipinski definition) is 2. The van der Waals surface area contributed by atoms with Crippen molar-refractivity contribution in [3.8, 4) is 0 Å². The summed E-state index contributed by atoms with van der Waals surface area (Å²) in [5.74, 6) is 0.379. The van der Waals surface area contributed by atoms with Crippen LogP contribution in [-0.4, -0.2) is 34.6 Å². The lowest BCUT2D eigenvalue weighted by Crippen LogP contribution is -2.51. The maximum absolute atomic E-state index is 10.7. The van der Waals surface area contributed by atoms with E-state index in [0.717, 1.165) is 25.9 Å². The quantitative estimate of drug-likeness (QED) is 0.802. The van der Waals surface area contributed by atoms with Crippen LogP contribution in [0, 0.1) is 11.8 Å². The van der Waals surface area contributed by atoms with Gasteiger partial charge in [-0.1, -0.05) is 13.8 Å². The Kier molecular flexibility index (Phi) is 4.36. The minimum atomic E-state index is -0.655. The molecule has 1 aliphatic heterocycles. The highest BCUT2D eigenvalue weighted by molar-refractivity contribution is 5.67. The summed E-state index contributed by atoms with van der Waals surface area (Å²) in [5, 5.41) is 8.83. The van der Waals surface area contributed by atoms with Crippen LogP contribution in [0.2, 0.25) is 0 Å². The zero-order valence-corrected chi connectivity index (χ0v) is 11.0. The van der Waals surface area contributed by atoms with Gasteiger partial charge in [-0.2, -0.15) is 0 Å². The molecule has 0 radical (unpaired) electrons. The SMILES string of the molecule is CC(C)CN1CCC(CC(=O)O)CC1(C)C. The van der Waals surface area contributed by atoms with Crippen LogP contribution in [0.15, 0.2) is 0 Å². The van der Waals surface area contributed by atoms with E-state index in [1.807, 2.05) is 0 Å². The third-order valence-corrected chi connectivity index (χ3v) is 3.50. The van der Waals surface area contributed by atoms with Gasteiger partial charge in [0.05, 0.1) is 0 Å². The Morgan fingerprint density at radius 2 is 2.12 bits per heavy atom. The van der Waals surface area contributed by atoms with E-state index in [9.17, 15) is 4.79 Å². The maximum Gasteiger partial charge on any atom is 0.303 e. The molecule has 0 aliphatic carbocycles. The molecule has 1 rings (SSSR count). The van der Waals surface area contributed by atoms with Gasteiger partial charge in [0.2, 0.25) is 0 Å². The zero-order chi connectivity index (χ0) is 12.3. The summed E-state index contributed by atoms with van der Waals surface area (Å²) >= 11 is 0. The van der Waals surface area contributed by atoms with Crippen LogP contribution in [0.3, 0.4) is 0 Å². The summed E-state index contributed by atoms with van der Waals surface area (Å²) < 4.78 is 0. The van der Waals surface area contributed by atoms with Crippen molar-refractivity contribution in [3.05, 3.63) is 0 Å². The Hall–Kier alpha value is -0.570. The smallest absolute Gasteiger partial charge is 0.303 e. The predicted octanol–water partition coefficient (Wildman–Crippen LogP) is 2.61. The number of rotatable bonds is 4. The van der Waals surface area contributed by atoms with Crippen molar-refractivity contribution in [2.45, 2.75) is 52.5 Å². The highest BCUT2D eigenvalue weighted by atomic mass is 16.4. The number of carboxylic acids is 1. The van der Waals surface area contributed by atoms with E-state index in [1.54, 1.807) is 0 Å². The van der Waals surface area contributed by atoms with Gasteiger partial charge in [0, 0.05) is 18.5 Å². The fourth-order valence-corrected chi connectivity index (χ4v) is 2.78. The van der Waals surface area contributed by atoms with Gasteiger partial charge in [0.25, 0.3) is 0 Å². The number of carboxylic acid groups (broad SMARTS) is 1. The van der Waals surface area contributed by atoms with Gasteiger partial charge in [-0.05, 0) is 45.1 Å². The minimum Gasteiger partial charge on any atom is -0.481 e. The maximum atomic E-state index is 10.7. The third kappa shape index (κ3) is 3.78. The monoisotopic (exact) mass is 227 g/mol. The molecule has 1 aliphatic rings. The number of likely N-dealkylation sites (tertiary alicyclic amines) is 1. The van der Waals surface area contributed by atoms with Crippen molar-refractivity contribution >= 4 is 5.97 Å². The van der Waals surface area contributed by atoms with Crippen molar-refractivity contribution in [1.82, 2.24) is 4.90 Å². The number of carbonyl (C=O) groups is 1. The second-order valence-electron chi connectivity index (χ2n) is 6.11. The first-order chi connectivity index (χ1) is 7.31. The summed E-state index contributed by atoms with van der Waals surface area (Å²) in [7, 11) is 0. The molecule has 1 fully saturated rings. The Labute approximate surface area is 98.8 Å². The fraction of sp³-hybridized carbons (Fsp3) is 0.923. The van der Waals surface area contributed by atoms with E-state index in [1.165, 1.54) is 0 Å². The van der Waals surface area contributed by atoms with Gasteiger partial charge < -0.3 is 5.11 Å². The second-order valence-corrected chi connectivity index (χ2v) is 6.11. The molecule has 3 heteroatoms. The van der Waals surface area contributed by atoms with Gasteiger partial charge in [-0.25, -0.2) is 0 Å². The van der Waals surface area contributed by atoms with Gasteiger partial charge in [0.1, 0.15) is 0 Å². The predicted molar refractivity (Wildman–Crippen MR) is 65.5 cm³/mol. The van der Waals surface area contributed by atoms with Crippen LogP contribution < -0.4 is 0 Å². The summed E-state index contributed by atoms with van der Waals surface area (Å²) in [6.45, 7) is 11.1. The van der Waals surface area contributed by atoms with Gasteiger partial charge in [-0.3, -0.25) is 9.69 Å². The minimum absolute atomic E-state index is 0.155. The Morgan fingerprint density at radius 1 is 1.50 bits per heavy atom. The van der Waals surface area contributed by atoms with Gasteiger partial charge >= 0.3 is 5.97 Å². The van der Waals surface area contributed by atoms with Gasteiger partial charge in [0.15, 0.2) is 0 Å². The molecule has 16 heavy (non-hydrogen) atoms. The van der Waals surface area contributed by atoms with Crippen LogP contribution in [0.25, 0.3) is 0 Å². The molecule has 0 saturated carbocycles. The number of aliphatic carboxylic acids is 1. The van der Waals surface area contributed by atoms with Crippen molar-refractivity contribution in [3.63, 3.8) is 0 Å². The zero-order valence-electron chi connectivity index (χ0n) is 11.0. The van der Waals surface area contributed by atoms with Crippen molar-refractivity contribution < 1.29 is 9.90 Å². The van der Waals surface area contributed by atoms with Crippen molar-refractivity contribution in [2.75, 3.05) is 13.1 Å². The molecule has 1 saturated heterocycles. The molecule has 1 atom stereocenters. The Morgan fingerprint density at radius 3 is 2.56 bits per heavy atom. The second kappa shape index (κ2) is 5.17. The van der Waals surface area contributed by atoms with E-state index < -0.39 is 5.97 Å². The van der Waals surface area contributed by atoms with E-state index in [-0.39, 0.29) is 5.54 Å². The van der Waals surface area contributed by atoms with E-state index in [4.69, 9.17) is 5.11 Å². The molecule has 0 aromatic rings. The summed E-state index contributed by atoms with van der Waals surface area (Å²) in [5.41, 5.74) is 0.155. The molecule has 0 spiro atoms. The molecule has 1 N–H and O–H groups in total. The average molecular weight is 227 g/mol. The molecule has 0 aromatic heterocycles. The molecule has 0 aromatic carbocycles. The summed E-state index contributed by atoms with van der Waals surface area (Å²) in [4.78, 5) is 13.2. The van der Waals surface area contributed by atoms with Crippen LogP contribution in [0.1, 0.15) is 47.0 Å². The summed E-state index contributed by atoms with van der Waals surface area (Å²) in [6.07, 6.45) is 2.37. The number of hydrogen-bond donors (Lipinski definition) is 1. The summed E-state index contributed by atoms with van der Waals surface area (Å²) in [6, 6.07) is 0. The molecule has 94 valence electrons. The molecule has 3 nitrogen and oxygen atoms in total. The first-order valence-corrected chi connectivity index (χ1v) is 6.28. The standard InChI is InChI=1S/C13H25NO2/c1-10(2)9-14-6-5-11(7-12(15)16)8-13(14,3)4/h10-11H,5-9H2,1-4H3,(H,15,16). The van der Waals surface area contributed by atoms with Crippen LogP contribution in [0.4, 0.5) is 0 Å². The number of piperidine rings is 1. The first kappa shape index (κ1) is 13.5. The Bertz CT molecular complexity index is 248. The molecule has 1 heterocycles. The van der Waals surface area contributed by atoms with E-state index in [0.29, 0.717) is 18.3 Å². The largest absolute Gasteiger partial charge is 0.481 e. The van der Waals surface area contributed by atoms with Crippen LogP contribution in [-0.2, 0) is 4.79 Å². The fourth-order valence-electron chi connectivity index (χ4n) is 2.78. The lowest BCUT2D eigenvalue weighted by Gasteiger charge is -2.46. The van der Waals surface area contributed by atoms with Crippen molar-refractivity contribution in [2.24, 2.45) is 11.8 Å². The lowest BCUT2D eigenvalue weighted by atomic mass is 9.80. The molecular weight excluding hydrogens is 202 g/mol. The average Bonchev–Trinajstić information content (AvgIpc) is 2.07. The Balaban J connectivity index is 2.54. The topological polar surface area (TPSA) is 40.5 Å². The molecule has 0 bridgehead atoms. The lowest BCUT2D eigenvalue weighted by molar-refractivity contribution is -0.139. The highest BCUT2D eigenvalue weighted by Gasteiger charge is 2.35. The first-order valence-electron chi connectivity index (χ1n) is 6.28.